The molecule has 2 atom stereocenters. The summed E-state index contributed by atoms with van der Waals surface area (Å²) in [6.45, 7) is 4.73. The maximum atomic E-state index is 5.68. The SMILES string of the molecule is CCOC(C)C(NC)c1cnnn1-c1ccccc1. The second-order valence-corrected chi connectivity index (χ2v) is 4.33. The first kappa shape index (κ1) is 13.7. The van der Waals surface area contributed by atoms with Crippen LogP contribution in [0.15, 0.2) is 36.5 Å². The maximum Gasteiger partial charge on any atom is 0.0841 e. The van der Waals surface area contributed by atoms with Crippen molar-refractivity contribution >= 4 is 0 Å². The molecule has 0 aliphatic rings. The van der Waals surface area contributed by atoms with Gasteiger partial charge < -0.3 is 10.1 Å². The van der Waals surface area contributed by atoms with E-state index in [1.54, 1.807) is 6.20 Å². The van der Waals surface area contributed by atoms with Gasteiger partial charge in [0, 0.05) is 6.61 Å². The monoisotopic (exact) mass is 260 g/mol. The number of aromatic nitrogens is 3. The van der Waals surface area contributed by atoms with E-state index < -0.39 is 0 Å². The molecule has 1 aromatic carbocycles. The van der Waals surface area contributed by atoms with Crippen molar-refractivity contribution < 1.29 is 4.74 Å². The fourth-order valence-electron chi connectivity index (χ4n) is 2.21. The molecule has 5 heteroatoms. The average Bonchev–Trinajstić information content (AvgIpc) is 2.90. The maximum absolute atomic E-state index is 5.68. The Labute approximate surface area is 113 Å². The summed E-state index contributed by atoms with van der Waals surface area (Å²) in [5.41, 5.74) is 1.99. The van der Waals surface area contributed by atoms with Crippen LogP contribution >= 0.6 is 0 Å². The summed E-state index contributed by atoms with van der Waals surface area (Å²) in [4.78, 5) is 0. The topological polar surface area (TPSA) is 52.0 Å². The zero-order valence-electron chi connectivity index (χ0n) is 11.6. The van der Waals surface area contributed by atoms with Crippen molar-refractivity contribution in [2.24, 2.45) is 0 Å². The molecule has 5 nitrogen and oxygen atoms in total. The lowest BCUT2D eigenvalue weighted by atomic mass is 10.1. The van der Waals surface area contributed by atoms with E-state index >= 15 is 0 Å². The van der Waals surface area contributed by atoms with Crippen LogP contribution in [0.3, 0.4) is 0 Å². The fourth-order valence-corrected chi connectivity index (χ4v) is 2.21. The van der Waals surface area contributed by atoms with Crippen LogP contribution < -0.4 is 5.32 Å². The van der Waals surface area contributed by atoms with E-state index in [2.05, 4.69) is 15.6 Å². The highest BCUT2D eigenvalue weighted by atomic mass is 16.5. The molecule has 0 fully saturated rings. The van der Waals surface area contributed by atoms with Gasteiger partial charge in [0.05, 0.1) is 29.7 Å². The Kier molecular flexibility index (Phi) is 4.65. The lowest BCUT2D eigenvalue weighted by molar-refractivity contribution is 0.0476. The lowest BCUT2D eigenvalue weighted by Gasteiger charge is -2.23. The Hall–Kier alpha value is -1.72. The highest BCUT2D eigenvalue weighted by Gasteiger charge is 2.22. The van der Waals surface area contributed by atoms with E-state index in [-0.39, 0.29) is 12.1 Å². The number of nitrogens with one attached hydrogen (secondary N) is 1. The molecule has 2 aromatic rings. The van der Waals surface area contributed by atoms with E-state index in [9.17, 15) is 0 Å². The number of benzene rings is 1. The standard InChI is InChI=1S/C14H20N4O/c1-4-19-11(2)14(15-3)13-10-16-17-18(13)12-8-6-5-7-9-12/h5-11,14-15H,4H2,1-3H3. The molecule has 1 N–H and O–H groups in total. The van der Waals surface area contributed by atoms with Crippen molar-refractivity contribution in [2.75, 3.05) is 13.7 Å². The third-order valence-corrected chi connectivity index (χ3v) is 3.11. The molecule has 2 unspecified atom stereocenters. The Morgan fingerprint density at radius 3 is 2.68 bits per heavy atom. The zero-order valence-corrected chi connectivity index (χ0v) is 11.6. The summed E-state index contributed by atoms with van der Waals surface area (Å²) in [5, 5.41) is 11.5. The Morgan fingerprint density at radius 1 is 1.32 bits per heavy atom. The summed E-state index contributed by atoms with van der Waals surface area (Å²) < 4.78 is 7.52. The Balaban J connectivity index is 2.32. The van der Waals surface area contributed by atoms with E-state index in [0.717, 1.165) is 11.4 Å². The predicted octanol–water partition coefficient (Wildman–Crippen LogP) is 1.95. The van der Waals surface area contributed by atoms with E-state index in [1.807, 2.05) is 55.9 Å². The van der Waals surface area contributed by atoms with Gasteiger partial charge in [-0.25, -0.2) is 4.68 Å². The van der Waals surface area contributed by atoms with Crippen molar-refractivity contribution in [3.05, 3.63) is 42.2 Å². The Bertz CT molecular complexity index is 497. The molecule has 19 heavy (non-hydrogen) atoms. The van der Waals surface area contributed by atoms with Gasteiger partial charge in [0.2, 0.25) is 0 Å². The number of ether oxygens (including phenoxy) is 1. The van der Waals surface area contributed by atoms with Crippen molar-refractivity contribution in [3.8, 4) is 5.69 Å². The summed E-state index contributed by atoms with van der Waals surface area (Å²) in [6.07, 6.45) is 1.83. The number of hydrogen-bond acceptors (Lipinski definition) is 4. The molecule has 0 saturated carbocycles. The van der Waals surface area contributed by atoms with Crippen LogP contribution in [-0.4, -0.2) is 34.8 Å². The second-order valence-electron chi connectivity index (χ2n) is 4.33. The third-order valence-electron chi connectivity index (χ3n) is 3.11. The second kappa shape index (κ2) is 6.45. The van der Waals surface area contributed by atoms with Gasteiger partial charge in [-0.2, -0.15) is 0 Å². The molecule has 0 radical (unpaired) electrons. The molecule has 0 spiro atoms. The van der Waals surface area contributed by atoms with Crippen molar-refractivity contribution in [1.29, 1.82) is 0 Å². The smallest absolute Gasteiger partial charge is 0.0841 e. The molecular weight excluding hydrogens is 240 g/mol. The number of para-hydroxylation sites is 1. The number of likely N-dealkylation sites (N-methyl/N-ethyl adjacent to an activating group) is 1. The van der Waals surface area contributed by atoms with E-state index in [0.29, 0.717) is 6.61 Å². The lowest BCUT2D eigenvalue weighted by Crippen LogP contribution is -2.31. The molecule has 1 heterocycles. The van der Waals surface area contributed by atoms with Gasteiger partial charge in [-0.3, -0.25) is 0 Å². The molecule has 0 aliphatic heterocycles. The molecule has 0 bridgehead atoms. The zero-order chi connectivity index (χ0) is 13.7. The quantitative estimate of drug-likeness (QED) is 0.862. The predicted molar refractivity (Wildman–Crippen MR) is 74.2 cm³/mol. The van der Waals surface area contributed by atoms with Gasteiger partial charge in [-0.05, 0) is 33.0 Å². The minimum atomic E-state index is 0.0511. The van der Waals surface area contributed by atoms with Crippen molar-refractivity contribution in [3.63, 3.8) is 0 Å². The van der Waals surface area contributed by atoms with Gasteiger partial charge >= 0.3 is 0 Å². The van der Waals surface area contributed by atoms with E-state index in [1.165, 1.54) is 0 Å². The van der Waals surface area contributed by atoms with Gasteiger partial charge in [0.15, 0.2) is 0 Å². The van der Waals surface area contributed by atoms with Crippen molar-refractivity contribution in [2.45, 2.75) is 26.0 Å². The molecule has 1 aromatic heterocycles. The third kappa shape index (κ3) is 3.00. The normalized spacial score (nSPS) is 14.3. The molecule has 102 valence electrons. The number of rotatable bonds is 6. The molecule has 2 rings (SSSR count). The molecule has 0 aliphatic carbocycles. The number of nitrogens with zero attached hydrogens (tertiary/aromatic N) is 3. The summed E-state index contributed by atoms with van der Waals surface area (Å²) in [6, 6.07) is 10.0. The van der Waals surface area contributed by atoms with Crippen LogP contribution in [0.25, 0.3) is 5.69 Å². The molecular formula is C14H20N4O. The first-order valence-corrected chi connectivity index (χ1v) is 6.52. The van der Waals surface area contributed by atoms with Crippen LogP contribution in [0.1, 0.15) is 25.6 Å². The van der Waals surface area contributed by atoms with Crippen LogP contribution in [0, 0.1) is 0 Å². The van der Waals surface area contributed by atoms with Crippen LogP contribution in [0.2, 0.25) is 0 Å². The summed E-state index contributed by atoms with van der Waals surface area (Å²) in [5.74, 6) is 0. The minimum absolute atomic E-state index is 0.0511. The van der Waals surface area contributed by atoms with Gasteiger partial charge in [0.1, 0.15) is 0 Å². The van der Waals surface area contributed by atoms with Gasteiger partial charge in [-0.1, -0.05) is 23.4 Å². The first-order valence-electron chi connectivity index (χ1n) is 6.52. The number of hydrogen-bond donors (Lipinski definition) is 1. The molecule has 0 saturated heterocycles. The Morgan fingerprint density at radius 2 is 2.05 bits per heavy atom. The van der Waals surface area contributed by atoms with E-state index in [4.69, 9.17) is 4.74 Å². The highest BCUT2D eigenvalue weighted by molar-refractivity contribution is 5.32. The minimum Gasteiger partial charge on any atom is -0.377 e. The van der Waals surface area contributed by atoms with Gasteiger partial charge in [-0.15, -0.1) is 5.10 Å². The highest BCUT2D eigenvalue weighted by Crippen LogP contribution is 2.20. The summed E-state index contributed by atoms with van der Waals surface area (Å²) in [7, 11) is 1.92. The van der Waals surface area contributed by atoms with Crippen molar-refractivity contribution in [1.82, 2.24) is 20.3 Å². The van der Waals surface area contributed by atoms with Crippen LogP contribution in [0.5, 0.6) is 0 Å². The largest absolute Gasteiger partial charge is 0.377 e. The average molecular weight is 260 g/mol. The first-order chi connectivity index (χ1) is 9.27. The summed E-state index contributed by atoms with van der Waals surface area (Å²) >= 11 is 0. The molecule has 0 amide bonds. The van der Waals surface area contributed by atoms with Gasteiger partial charge in [0.25, 0.3) is 0 Å². The fraction of sp³-hybridized carbons (Fsp3) is 0.429. The van der Waals surface area contributed by atoms with Crippen LogP contribution in [0.4, 0.5) is 0 Å². The van der Waals surface area contributed by atoms with Crippen LogP contribution in [-0.2, 0) is 4.74 Å².